The molecule has 0 saturated carbocycles. The van der Waals surface area contributed by atoms with Crippen LogP contribution < -0.4 is 5.73 Å². The number of thiazole rings is 1. The Hall–Kier alpha value is -1.58. The normalized spacial score (nSPS) is 11.1. The zero-order valence-corrected chi connectivity index (χ0v) is 17.9. The lowest BCUT2D eigenvalue weighted by Crippen LogP contribution is -1.75. The van der Waals surface area contributed by atoms with Gasteiger partial charge >= 0.3 is 0 Å². The van der Waals surface area contributed by atoms with Crippen molar-refractivity contribution in [3.8, 4) is 11.5 Å². The first-order chi connectivity index (χ1) is 13.0. The van der Waals surface area contributed by atoms with Gasteiger partial charge in [-0.25, -0.2) is 4.98 Å². The van der Waals surface area contributed by atoms with E-state index in [2.05, 4.69) is 25.4 Å². The molecule has 27 heavy (non-hydrogen) atoms. The van der Waals surface area contributed by atoms with Crippen molar-refractivity contribution in [3.63, 3.8) is 0 Å². The molecule has 0 aliphatic carbocycles. The third kappa shape index (κ3) is 4.83. The molecule has 0 spiro atoms. The zero-order valence-electron chi connectivity index (χ0n) is 13.0. The molecule has 0 radical (unpaired) electrons. The molecular formula is C13H8N6O2S6. The molecule has 0 saturated heterocycles. The number of nitrogens with two attached hydrogens (primary N) is 1. The Bertz CT molecular complexity index is 1080. The average Bonchev–Trinajstić information content (AvgIpc) is 3.35. The summed E-state index contributed by atoms with van der Waals surface area (Å²) in [6.45, 7) is 0. The number of anilines is 1. The van der Waals surface area contributed by atoms with Gasteiger partial charge in [-0.05, 0) is 41.7 Å². The molecule has 3 heterocycles. The largest absolute Gasteiger partial charge is 0.508 e. The second-order valence-electron chi connectivity index (χ2n) is 4.65. The van der Waals surface area contributed by atoms with Gasteiger partial charge in [0.25, 0.3) is 0 Å². The summed E-state index contributed by atoms with van der Waals surface area (Å²) in [7, 11) is 0. The Labute approximate surface area is 177 Å². The van der Waals surface area contributed by atoms with Crippen LogP contribution in [0.25, 0.3) is 0 Å². The van der Waals surface area contributed by atoms with E-state index in [4.69, 9.17) is 5.73 Å². The SMILES string of the molecule is Nc1cnc(Sc2nnc(Sc3nnc(Sc4cc(O)ccc4O)s3)s2)s1. The Morgan fingerprint density at radius 2 is 1.37 bits per heavy atom. The van der Waals surface area contributed by atoms with Crippen LogP contribution in [0.3, 0.4) is 0 Å². The quantitative estimate of drug-likeness (QED) is 0.347. The van der Waals surface area contributed by atoms with Gasteiger partial charge in [-0.15, -0.1) is 20.4 Å². The molecule has 0 amide bonds. The van der Waals surface area contributed by atoms with Crippen molar-refractivity contribution >= 4 is 74.3 Å². The molecule has 0 unspecified atom stereocenters. The van der Waals surface area contributed by atoms with E-state index < -0.39 is 0 Å². The van der Waals surface area contributed by atoms with E-state index >= 15 is 0 Å². The number of aromatic nitrogens is 5. The third-order valence-corrected chi connectivity index (χ3v) is 8.77. The maximum absolute atomic E-state index is 9.85. The van der Waals surface area contributed by atoms with Crippen molar-refractivity contribution in [1.29, 1.82) is 0 Å². The maximum Gasteiger partial charge on any atom is 0.182 e. The van der Waals surface area contributed by atoms with Gasteiger partial charge in [0.2, 0.25) is 0 Å². The molecule has 0 fully saturated rings. The van der Waals surface area contributed by atoms with Crippen molar-refractivity contribution in [2.24, 2.45) is 0 Å². The smallest absolute Gasteiger partial charge is 0.182 e. The summed E-state index contributed by atoms with van der Waals surface area (Å²) in [4.78, 5) is 4.70. The van der Waals surface area contributed by atoms with E-state index in [0.29, 0.717) is 18.6 Å². The van der Waals surface area contributed by atoms with Crippen molar-refractivity contribution in [2.45, 2.75) is 26.6 Å². The zero-order chi connectivity index (χ0) is 18.8. The molecule has 8 nitrogen and oxygen atoms in total. The summed E-state index contributed by atoms with van der Waals surface area (Å²) >= 11 is 8.24. The number of hydrogen-bond donors (Lipinski definition) is 3. The minimum absolute atomic E-state index is 0.0790. The molecule has 0 aliphatic heterocycles. The van der Waals surface area contributed by atoms with Gasteiger partial charge in [0.05, 0.1) is 11.1 Å². The number of benzene rings is 1. The van der Waals surface area contributed by atoms with Crippen molar-refractivity contribution in [3.05, 3.63) is 24.4 Å². The summed E-state index contributed by atoms with van der Waals surface area (Å²) in [5.41, 5.74) is 5.68. The van der Waals surface area contributed by atoms with Crippen molar-refractivity contribution in [1.82, 2.24) is 25.4 Å². The molecule has 4 aromatic rings. The van der Waals surface area contributed by atoms with Crippen LogP contribution in [0.2, 0.25) is 0 Å². The fourth-order valence-corrected chi connectivity index (χ4v) is 7.93. The highest BCUT2D eigenvalue weighted by Gasteiger charge is 2.14. The van der Waals surface area contributed by atoms with Gasteiger partial charge in [0.1, 0.15) is 16.5 Å². The van der Waals surface area contributed by atoms with Crippen LogP contribution in [0.1, 0.15) is 0 Å². The third-order valence-electron chi connectivity index (χ3n) is 2.77. The second kappa shape index (κ2) is 8.20. The Morgan fingerprint density at radius 3 is 1.96 bits per heavy atom. The molecule has 3 aromatic heterocycles. The highest BCUT2D eigenvalue weighted by Crippen LogP contribution is 2.42. The lowest BCUT2D eigenvalue weighted by molar-refractivity contribution is 0.448. The molecule has 4 rings (SSSR count). The highest BCUT2D eigenvalue weighted by atomic mass is 32.2. The van der Waals surface area contributed by atoms with E-state index in [-0.39, 0.29) is 11.5 Å². The Balaban J connectivity index is 1.41. The first kappa shape index (κ1) is 18.8. The van der Waals surface area contributed by atoms with Crippen LogP contribution in [0, 0.1) is 0 Å². The summed E-state index contributed by atoms with van der Waals surface area (Å²) in [5, 5.41) is 36.6. The van der Waals surface area contributed by atoms with Crippen LogP contribution in [0.5, 0.6) is 11.5 Å². The molecule has 138 valence electrons. The van der Waals surface area contributed by atoms with Crippen molar-refractivity contribution in [2.75, 3.05) is 5.73 Å². The lowest BCUT2D eigenvalue weighted by atomic mass is 10.3. The van der Waals surface area contributed by atoms with Crippen molar-refractivity contribution < 1.29 is 10.2 Å². The van der Waals surface area contributed by atoms with Crippen LogP contribution >= 0.6 is 69.3 Å². The minimum atomic E-state index is 0.0790. The Morgan fingerprint density at radius 1 is 0.778 bits per heavy atom. The number of phenolic OH excluding ortho intramolecular Hbond substituents is 2. The van der Waals surface area contributed by atoms with E-state index in [1.807, 2.05) is 0 Å². The standard InChI is InChI=1S/C13H8N6O2S6/c14-8-4-15-9(23-8)24-11-17-19-13(26-11)27-12-18-16-10(25-12)22-7-3-5(20)1-2-6(7)21/h1-4,20-21H,14H2. The van der Waals surface area contributed by atoms with Crippen LogP contribution in [-0.4, -0.2) is 35.6 Å². The molecule has 4 N–H and O–H groups in total. The lowest BCUT2D eigenvalue weighted by Gasteiger charge is -2.01. The first-order valence-corrected chi connectivity index (χ1v) is 11.9. The predicted molar refractivity (Wildman–Crippen MR) is 108 cm³/mol. The van der Waals surface area contributed by atoms with Crippen LogP contribution in [-0.2, 0) is 0 Å². The number of hydrogen-bond acceptors (Lipinski definition) is 14. The first-order valence-electron chi connectivity index (χ1n) is 6.99. The number of nitrogens with zero attached hydrogens (tertiary/aromatic N) is 5. The average molecular weight is 473 g/mol. The molecule has 0 bridgehead atoms. The number of nitrogen functional groups attached to an aromatic ring is 1. The highest BCUT2D eigenvalue weighted by molar-refractivity contribution is 8.05. The fourth-order valence-electron chi connectivity index (χ4n) is 1.70. The van der Waals surface area contributed by atoms with Gasteiger partial charge in [0, 0.05) is 0 Å². The monoisotopic (exact) mass is 472 g/mol. The minimum Gasteiger partial charge on any atom is -0.508 e. The van der Waals surface area contributed by atoms with E-state index in [1.165, 1.54) is 87.5 Å². The van der Waals surface area contributed by atoms with E-state index in [1.54, 1.807) is 6.20 Å². The van der Waals surface area contributed by atoms with Crippen LogP contribution in [0.15, 0.2) is 51.0 Å². The molecule has 0 aliphatic rings. The summed E-state index contributed by atoms with van der Waals surface area (Å²) in [5.74, 6) is 0.158. The number of rotatable bonds is 6. The van der Waals surface area contributed by atoms with Gasteiger partial charge in [0.15, 0.2) is 21.7 Å². The van der Waals surface area contributed by atoms with E-state index in [9.17, 15) is 10.2 Å². The van der Waals surface area contributed by atoms with Gasteiger partial charge in [-0.2, -0.15) is 0 Å². The number of phenols is 2. The maximum atomic E-state index is 9.85. The number of aromatic hydroxyl groups is 2. The van der Waals surface area contributed by atoms with Gasteiger partial charge in [-0.3, -0.25) is 0 Å². The summed E-state index contributed by atoms with van der Waals surface area (Å²) < 4.78 is 3.70. The Kier molecular flexibility index (Phi) is 5.70. The molecule has 0 atom stereocenters. The second-order valence-corrected chi connectivity index (χ2v) is 11.9. The topological polar surface area (TPSA) is 131 Å². The van der Waals surface area contributed by atoms with Gasteiger partial charge < -0.3 is 15.9 Å². The van der Waals surface area contributed by atoms with Crippen LogP contribution in [0.4, 0.5) is 5.00 Å². The van der Waals surface area contributed by atoms with Gasteiger partial charge in [-0.1, -0.05) is 45.8 Å². The molecule has 14 heteroatoms. The molecular weight excluding hydrogens is 465 g/mol. The fraction of sp³-hybridized carbons (Fsp3) is 0. The predicted octanol–water partition coefficient (Wildman–Crippen LogP) is 4.29. The summed E-state index contributed by atoms with van der Waals surface area (Å²) in [6.07, 6.45) is 1.62. The summed E-state index contributed by atoms with van der Waals surface area (Å²) in [6, 6.07) is 4.34. The molecule has 1 aromatic carbocycles. The van der Waals surface area contributed by atoms with E-state index in [0.717, 1.165) is 13.0 Å².